The number of aliphatic hydroxyl groups is 2. The molecule has 0 aromatic heterocycles. The number of rotatable bonds is 2. The second-order valence-corrected chi connectivity index (χ2v) is 3.87. The summed E-state index contributed by atoms with van der Waals surface area (Å²) in [5.41, 5.74) is 0.124. The highest BCUT2D eigenvalue weighted by molar-refractivity contribution is 6.22. The molecule has 14 heavy (non-hydrogen) atoms. The number of cyclic esters (lactones) is 1. The van der Waals surface area contributed by atoms with Crippen LogP contribution in [0.25, 0.3) is 0 Å². The first kappa shape index (κ1) is 11.5. The number of halogens is 1. The van der Waals surface area contributed by atoms with Gasteiger partial charge in [-0.25, -0.2) is 4.79 Å². The van der Waals surface area contributed by atoms with Crippen LogP contribution in [-0.4, -0.2) is 39.9 Å². The Hall–Kier alpha value is -0.580. The first-order valence-corrected chi connectivity index (χ1v) is 4.80. The highest BCUT2D eigenvalue weighted by Gasteiger charge is 2.36. The number of aliphatic hydroxyl groups excluding tert-OH is 2. The molecule has 5 heteroatoms. The van der Waals surface area contributed by atoms with Crippen LogP contribution in [0.5, 0.6) is 0 Å². The number of carbonyl (C=O) groups excluding carboxylic acids is 1. The normalized spacial score (nSPS) is 34.4. The van der Waals surface area contributed by atoms with E-state index in [1.807, 2.05) is 0 Å². The highest BCUT2D eigenvalue weighted by atomic mass is 35.5. The molecule has 1 unspecified atom stereocenters. The molecule has 0 bridgehead atoms. The van der Waals surface area contributed by atoms with Gasteiger partial charge in [0.05, 0.1) is 17.1 Å². The van der Waals surface area contributed by atoms with Gasteiger partial charge in [0.25, 0.3) is 0 Å². The summed E-state index contributed by atoms with van der Waals surface area (Å²) in [6.45, 7) is 3.10. The topological polar surface area (TPSA) is 66.8 Å². The van der Waals surface area contributed by atoms with Crippen LogP contribution in [0, 0.1) is 0 Å². The summed E-state index contributed by atoms with van der Waals surface area (Å²) >= 11 is 5.73. The van der Waals surface area contributed by atoms with Crippen LogP contribution >= 0.6 is 11.6 Å². The van der Waals surface area contributed by atoms with Crippen molar-refractivity contribution in [3.05, 3.63) is 11.6 Å². The van der Waals surface area contributed by atoms with Gasteiger partial charge in [0, 0.05) is 0 Å². The maximum atomic E-state index is 11.2. The number of esters is 1. The van der Waals surface area contributed by atoms with Crippen molar-refractivity contribution in [2.45, 2.75) is 37.5 Å². The minimum absolute atomic E-state index is 0.124. The number of carbonyl (C=O) groups is 1. The summed E-state index contributed by atoms with van der Waals surface area (Å²) in [7, 11) is 0. The van der Waals surface area contributed by atoms with E-state index in [1.54, 1.807) is 6.92 Å². The molecule has 0 radical (unpaired) electrons. The van der Waals surface area contributed by atoms with E-state index in [9.17, 15) is 9.90 Å². The van der Waals surface area contributed by atoms with Crippen LogP contribution in [0.1, 0.15) is 13.8 Å². The molecule has 0 amide bonds. The quantitative estimate of drug-likeness (QED) is 0.397. The second kappa shape index (κ2) is 4.29. The average molecular weight is 221 g/mol. The molecule has 0 spiro atoms. The molecule has 0 aliphatic carbocycles. The van der Waals surface area contributed by atoms with E-state index in [4.69, 9.17) is 21.4 Å². The summed E-state index contributed by atoms with van der Waals surface area (Å²) < 4.78 is 4.77. The van der Waals surface area contributed by atoms with E-state index in [-0.39, 0.29) is 5.57 Å². The first-order chi connectivity index (χ1) is 6.43. The molecule has 1 aliphatic rings. The van der Waals surface area contributed by atoms with E-state index in [2.05, 4.69) is 0 Å². The molecule has 1 rings (SSSR count). The number of hydrogen-bond acceptors (Lipinski definition) is 4. The Morgan fingerprint density at radius 3 is 2.57 bits per heavy atom. The van der Waals surface area contributed by atoms with Crippen LogP contribution in [0.2, 0.25) is 0 Å². The van der Waals surface area contributed by atoms with Gasteiger partial charge in [0.15, 0.2) is 0 Å². The Kier molecular flexibility index (Phi) is 3.53. The monoisotopic (exact) mass is 220 g/mol. The Labute approximate surface area is 87.1 Å². The zero-order chi connectivity index (χ0) is 10.9. The Morgan fingerprint density at radius 1 is 1.64 bits per heavy atom. The standard InChI is InChI=1S/C9H13ClO4/c1-4(11)7(10)3-6-8(12)5(2)14-9(6)13/h3-5,7-8,11-12H,1-2H3/b6-3+/t4-,5-,7?,8+/m1/s1. The van der Waals surface area contributed by atoms with Crippen molar-refractivity contribution < 1.29 is 19.7 Å². The SMILES string of the molecule is C[C@@H](O)C(Cl)/C=C1/C(=O)O[C@H](C)[C@@H]1O. The van der Waals surface area contributed by atoms with Crippen molar-refractivity contribution in [3.63, 3.8) is 0 Å². The van der Waals surface area contributed by atoms with Gasteiger partial charge < -0.3 is 14.9 Å². The van der Waals surface area contributed by atoms with Gasteiger partial charge in [-0.15, -0.1) is 11.6 Å². The van der Waals surface area contributed by atoms with Gasteiger partial charge in [-0.1, -0.05) is 6.08 Å². The molecule has 0 aromatic rings. The molecular formula is C9H13ClO4. The summed E-state index contributed by atoms with van der Waals surface area (Å²) in [6.07, 6.45) is -0.947. The lowest BCUT2D eigenvalue weighted by molar-refractivity contribution is -0.138. The summed E-state index contributed by atoms with van der Waals surface area (Å²) in [6, 6.07) is 0. The van der Waals surface area contributed by atoms with E-state index >= 15 is 0 Å². The molecule has 4 atom stereocenters. The lowest BCUT2D eigenvalue weighted by Gasteiger charge is -2.09. The van der Waals surface area contributed by atoms with E-state index < -0.39 is 29.7 Å². The number of ether oxygens (including phenoxy) is 1. The molecule has 1 fully saturated rings. The van der Waals surface area contributed by atoms with Gasteiger partial charge in [-0.3, -0.25) is 0 Å². The Balaban J connectivity index is 2.81. The second-order valence-electron chi connectivity index (χ2n) is 3.36. The number of hydrogen-bond donors (Lipinski definition) is 2. The fourth-order valence-corrected chi connectivity index (χ4v) is 1.29. The van der Waals surface area contributed by atoms with Gasteiger partial charge in [-0.05, 0) is 13.8 Å². The zero-order valence-electron chi connectivity index (χ0n) is 7.98. The lowest BCUT2D eigenvalue weighted by Crippen LogP contribution is -2.21. The average Bonchev–Trinajstić information content (AvgIpc) is 2.32. The van der Waals surface area contributed by atoms with Gasteiger partial charge in [0.2, 0.25) is 0 Å². The van der Waals surface area contributed by atoms with Crippen LogP contribution in [-0.2, 0) is 9.53 Å². The molecule has 0 aromatic carbocycles. The third-order valence-electron chi connectivity index (χ3n) is 2.09. The Morgan fingerprint density at radius 2 is 2.21 bits per heavy atom. The predicted molar refractivity (Wildman–Crippen MR) is 51.0 cm³/mol. The Bertz CT molecular complexity index is 262. The largest absolute Gasteiger partial charge is 0.456 e. The fourth-order valence-electron chi connectivity index (χ4n) is 1.15. The molecule has 0 saturated carbocycles. The number of alkyl halides is 1. The van der Waals surface area contributed by atoms with Crippen LogP contribution in [0.3, 0.4) is 0 Å². The van der Waals surface area contributed by atoms with E-state index in [0.717, 1.165) is 0 Å². The van der Waals surface area contributed by atoms with Crippen molar-refractivity contribution in [3.8, 4) is 0 Å². The lowest BCUT2D eigenvalue weighted by atomic mass is 10.1. The van der Waals surface area contributed by atoms with Crippen molar-refractivity contribution in [1.82, 2.24) is 0 Å². The summed E-state index contributed by atoms with van der Waals surface area (Å²) in [4.78, 5) is 11.2. The molecule has 1 heterocycles. The molecule has 80 valence electrons. The van der Waals surface area contributed by atoms with Crippen molar-refractivity contribution in [1.29, 1.82) is 0 Å². The zero-order valence-corrected chi connectivity index (χ0v) is 8.73. The third-order valence-corrected chi connectivity index (χ3v) is 2.58. The van der Waals surface area contributed by atoms with Gasteiger partial charge >= 0.3 is 5.97 Å². The molecule has 2 N–H and O–H groups in total. The van der Waals surface area contributed by atoms with Crippen LogP contribution < -0.4 is 0 Å². The third kappa shape index (κ3) is 2.26. The highest BCUT2D eigenvalue weighted by Crippen LogP contribution is 2.22. The smallest absolute Gasteiger partial charge is 0.336 e. The van der Waals surface area contributed by atoms with Crippen LogP contribution in [0.15, 0.2) is 11.6 Å². The first-order valence-electron chi connectivity index (χ1n) is 4.36. The van der Waals surface area contributed by atoms with E-state index in [1.165, 1.54) is 13.0 Å². The minimum Gasteiger partial charge on any atom is -0.456 e. The molecule has 1 saturated heterocycles. The molecule has 1 aliphatic heterocycles. The van der Waals surface area contributed by atoms with Crippen molar-refractivity contribution in [2.24, 2.45) is 0 Å². The summed E-state index contributed by atoms with van der Waals surface area (Å²) in [5, 5.41) is 17.9. The fraction of sp³-hybridized carbons (Fsp3) is 0.667. The van der Waals surface area contributed by atoms with Crippen LogP contribution in [0.4, 0.5) is 0 Å². The maximum Gasteiger partial charge on any atom is 0.336 e. The minimum atomic E-state index is -0.956. The van der Waals surface area contributed by atoms with E-state index in [0.29, 0.717) is 0 Å². The molecule has 4 nitrogen and oxygen atoms in total. The predicted octanol–water partition coefficient (Wildman–Crippen LogP) is 0.207. The van der Waals surface area contributed by atoms with Crippen molar-refractivity contribution >= 4 is 17.6 Å². The van der Waals surface area contributed by atoms with Gasteiger partial charge in [-0.2, -0.15) is 0 Å². The van der Waals surface area contributed by atoms with Gasteiger partial charge in [0.1, 0.15) is 12.2 Å². The van der Waals surface area contributed by atoms with Crippen molar-refractivity contribution in [2.75, 3.05) is 0 Å². The maximum absolute atomic E-state index is 11.2. The summed E-state index contributed by atoms with van der Waals surface area (Å²) in [5.74, 6) is -0.573. The molecular weight excluding hydrogens is 208 g/mol.